The molecule has 0 aliphatic heterocycles. The minimum absolute atomic E-state index is 0.0968. The van der Waals surface area contributed by atoms with Crippen molar-refractivity contribution in [2.24, 2.45) is 0 Å². The van der Waals surface area contributed by atoms with Crippen molar-refractivity contribution in [2.75, 3.05) is 0 Å². The van der Waals surface area contributed by atoms with Crippen LogP contribution in [0, 0.1) is 12.1 Å². The summed E-state index contributed by atoms with van der Waals surface area (Å²) in [6.45, 7) is 28.0. The molecule has 0 amide bonds. The van der Waals surface area contributed by atoms with E-state index in [0.29, 0.717) is 0 Å². The second-order valence-electron chi connectivity index (χ2n) is 19.9. The Labute approximate surface area is 374 Å². The third-order valence-electron chi connectivity index (χ3n) is 11.0. The van der Waals surface area contributed by atoms with Gasteiger partial charge in [-0.05, 0) is 39.4 Å². The summed E-state index contributed by atoms with van der Waals surface area (Å²) < 4.78 is 1.26. The maximum Gasteiger partial charge on any atom is -0.109 e. The van der Waals surface area contributed by atoms with E-state index in [0.717, 1.165) is 33.7 Å². The van der Waals surface area contributed by atoms with E-state index in [-0.39, 0.29) is 21.7 Å². The molecule has 0 nitrogen and oxygen atoms in total. The molecule has 8 rings (SSSR count). The Hall–Kier alpha value is -3.35. The van der Waals surface area contributed by atoms with E-state index in [1.54, 1.807) is 0 Å². The van der Waals surface area contributed by atoms with Crippen molar-refractivity contribution in [1.29, 1.82) is 0 Å². The Morgan fingerprint density at radius 1 is 0.569 bits per heavy atom. The molecular formula is C55H58Cl2Zr. The molecule has 0 spiro atoms. The number of halogens is 2. The van der Waals surface area contributed by atoms with Gasteiger partial charge in [-0.15, -0.1) is 23.1 Å². The van der Waals surface area contributed by atoms with Crippen LogP contribution in [0.2, 0.25) is 10.0 Å². The normalized spacial score (nSPS) is 13.5. The first kappa shape index (κ1) is 44.2. The molecule has 0 saturated carbocycles. The average molecular weight is 881 g/mol. The predicted molar refractivity (Wildman–Crippen MR) is 251 cm³/mol. The van der Waals surface area contributed by atoms with Gasteiger partial charge >= 0.3 is 166 Å². The molecule has 0 radical (unpaired) electrons. The standard InChI is InChI=1S/C29H41.C21H12Cl2.C5H5.Zr/c1-26(2,3)22-14-18-13-19-15-23(27(4,5)6)25(29(10,11)12)17-21(19)20(18)16-24(22)28(7,8)9;22-18-10-14-5-1-3-7-20(14)16(12-18)9-17-13-19(23)11-15-6-2-4-8-21(15)17;1-2-4-5-3-1;/h14,16-17H,13H2,1-12H3;1-8,10-13H;1-3H,4H2;/q-1;;-1;+2. The first-order valence-electron chi connectivity index (χ1n) is 20.5. The Balaban J connectivity index is 0.000000176. The molecule has 0 fully saturated rings. The minimum Gasteiger partial charge on any atom is -0.273 e. The zero-order valence-electron chi connectivity index (χ0n) is 36.6. The van der Waals surface area contributed by atoms with Gasteiger partial charge in [0.25, 0.3) is 0 Å². The van der Waals surface area contributed by atoms with Gasteiger partial charge < -0.3 is 0 Å². The molecule has 0 atom stereocenters. The SMILES string of the molecule is CC(C)(C)c1[c-]c2c(cc1C(C)(C)C)-c1cc(C(C)(C)C)c(C(C)(C)C)cc1C2.Clc1cc([C](=[Zr+2])c2cc(Cl)cc3ccccc23)c2ccccc2c1.[C-]1=CC=CC1. The Kier molecular flexibility index (Phi) is 12.9. The van der Waals surface area contributed by atoms with E-state index in [4.69, 9.17) is 23.2 Å². The van der Waals surface area contributed by atoms with E-state index in [2.05, 4.69) is 168 Å². The minimum atomic E-state index is 0.0968. The van der Waals surface area contributed by atoms with Gasteiger partial charge in [-0.3, -0.25) is 6.08 Å². The molecular weight excluding hydrogens is 823 g/mol. The molecule has 3 heteroatoms. The van der Waals surface area contributed by atoms with Crippen LogP contribution in [0.15, 0.2) is 109 Å². The van der Waals surface area contributed by atoms with Crippen LogP contribution in [0.4, 0.5) is 0 Å². The van der Waals surface area contributed by atoms with Gasteiger partial charge in [0.15, 0.2) is 0 Å². The van der Waals surface area contributed by atoms with E-state index < -0.39 is 0 Å². The van der Waals surface area contributed by atoms with Gasteiger partial charge in [0.2, 0.25) is 0 Å². The molecule has 0 unspecified atom stereocenters. The average Bonchev–Trinajstić information content (AvgIpc) is 3.84. The summed E-state index contributed by atoms with van der Waals surface area (Å²) in [7, 11) is 0. The van der Waals surface area contributed by atoms with E-state index in [1.807, 2.05) is 36.4 Å². The number of rotatable bonds is 2. The van der Waals surface area contributed by atoms with Crippen molar-refractivity contribution in [3.05, 3.63) is 176 Å². The number of allylic oxidation sites excluding steroid dienone is 4. The van der Waals surface area contributed by atoms with Crippen LogP contribution < -0.4 is 0 Å². The molecule has 296 valence electrons. The van der Waals surface area contributed by atoms with Gasteiger partial charge in [0, 0.05) is 0 Å². The topological polar surface area (TPSA) is 0 Å². The first-order valence-corrected chi connectivity index (χ1v) is 22.5. The van der Waals surface area contributed by atoms with Crippen molar-refractivity contribution >= 4 is 48.0 Å². The van der Waals surface area contributed by atoms with Crippen LogP contribution in [0.1, 0.15) is 134 Å². The van der Waals surface area contributed by atoms with Gasteiger partial charge in [-0.2, -0.15) is 23.8 Å². The van der Waals surface area contributed by atoms with Crippen molar-refractivity contribution < 1.29 is 24.2 Å². The van der Waals surface area contributed by atoms with Gasteiger partial charge in [0.1, 0.15) is 0 Å². The second-order valence-corrected chi connectivity index (χ2v) is 22.0. The van der Waals surface area contributed by atoms with Crippen LogP contribution in [-0.4, -0.2) is 3.21 Å². The third-order valence-corrected chi connectivity index (χ3v) is 12.8. The quantitative estimate of drug-likeness (QED) is 0.152. The Morgan fingerprint density at radius 2 is 1.05 bits per heavy atom. The zero-order chi connectivity index (χ0) is 42.4. The van der Waals surface area contributed by atoms with Crippen LogP contribution in [0.5, 0.6) is 0 Å². The summed E-state index contributed by atoms with van der Waals surface area (Å²) in [5, 5.41) is 6.28. The number of hydrogen-bond acceptors (Lipinski definition) is 0. The maximum absolute atomic E-state index is 6.38. The number of benzene rings is 6. The van der Waals surface area contributed by atoms with E-state index in [9.17, 15) is 0 Å². The molecule has 0 bridgehead atoms. The van der Waals surface area contributed by atoms with Crippen LogP contribution in [-0.2, 0) is 52.3 Å². The van der Waals surface area contributed by atoms with Crippen LogP contribution in [0.25, 0.3) is 32.7 Å². The Morgan fingerprint density at radius 3 is 1.48 bits per heavy atom. The fraction of sp³-hybridized carbons (Fsp3) is 0.327. The largest absolute Gasteiger partial charge is 0.273 e. The first-order chi connectivity index (χ1) is 27.0. The van der Waals surface area contributed by atoms with Crippen molar-refractivity contribution in [2.45, 2.75) is 118 Å². The molecule has 58 heavy (non-hydrogen) atoms. The molecule has 0 heterocycles. The fourth-order valence-corrected chi connectivity index (χ4v) is 9.54. The summed E-state index contributed by atoms with van der Waals surface area (Å²) in [6, 6.07) is 36.3. The fourth-order valence-electron chi connectivity index (χ4n) is 8.07. The third kappa shape index (κ3) is 9.81. The maximum atomic E-state index is 6.38. The number of fused-ring (bicyclic) bond motifs is 5. The summed E-state index contributed by atoms with van der Waals surface area (Å²) in [5.74, 6) is 0. The molecule has 6 aromatic carbocycles. The number of hydrogen-bond donors (Lipinski definition) is 0. The van der Waals surface area contributed by atoms with E-state index in [1.165, 1.54) is 93.8 Å². The van der Waals surface area contributed by atoms with Crippen molar-refractivity contribution in [1.82, 2.24) is 0 Å². The van der Waals surface area contributed by atoms with Gasteiger partial charge in [0.05, 0.1) is 0 Å². The smallest absolute Gasteiger partial charge is 0.109 e. The molecule has 6 aromatic rings. The van der Waals surface area contributed by atoms with Gasteiger partial charge in [-0.25, -0.2) is 12.2 Å². The summed E-state index contributed by atoms with van der Waals surface area (Å²) in [5.41, 5.74) is 14.3. The summed E-state index contributed by atoms with van der Waals surface area (Å²) >= 11 is 14.1. The molecule has 2 aliphatic carbocycles. The van der Waals surface area contributed by atoms with Gasteiger partial charge in [-0.1, -0.05) is 106 Å². The molecule has 0 saturated heterocycles. The monoisotopic (exact) mass is 878 g/mol. The van der Waals surface area contributed by atoms with E-state index >= 15 is 0 Å². The van der Waals surface area contributed by atoms with Crippen molar-refractivity contribution in [3.8, 4) is 11.1 Å². The molecule has 2 aliphatic rings. The summed E-state index contributed by atoms with van der Waals surface area (Å²) in [4.78, 5) is 0. The van der Waals surface area contributed by atoms with Crippen LogP contribution in [0.3, 0.4) is 0 Å². The van der Waals surface area contributed by atoms with Crippen molar-refractivity contribution in [3.63, 3.8) is 0 Å². The summed E-state index contributed by atoms with van der Waals surface area (Å²) in [6.07, 6.45) is 11.0. The molecule has 0 N–H and O–H groups in total. The molecule has 0 aromatic heterocycles. The Bertz CT molecular complexity index is 2400. The predicted octanol–water partition coefficient (Wildman–Crippen LogP) is 16.0. The van der Waals surface area contributed by atoms with Crippen LogP contribution >= 0.6 is 23.2 Å². The second kappa shape index (κ2) is 17.0. The zero-order valence-corrected chi connectivity index (χ0v) is 40.5.